The molecule has 0 saturated carbocycles. The van der Waals surface area contributed by atoms with Crippen molar-refractivity contribution in [1.82, 2.24) is 19.9 Å². The highest BCUT2D eigenvalue weighted by Gasteiger charge is 2.20. The van der Waals surface area contributed by atoms with Crippen LogP contribution >= 0.6 is 11.6 Å². The van der Waals surface area contributed by atoms with Gasteiger partial charge in [0.2, 0.25) is 17.2 Å². The van der Waals surface area contributed by atoms with E-state index in [0.717, 1.165) is 5.56 Å². The Morgan fingerprint density at radius 3 is 2.32 bits per heavy atom. The second-order valence-electron chi connectivity index (χ2n) is 6.27. The number of hydrogen-bond acceptors (Lipinski definition) is 8. The van der Waals surface area contributed by atoms with Gasteiger partial charge in [-0.15, -0.1) is 0 Å². The van der Waals surface area contributed by atoms with Crippen LogP contribution in [0.2, 0.25) is 5.28 Å². The van der Waals surface area contributed by atoms with Crippen LogP contribution in [0.15, 0.2) is 24.3 Å². The maximum atomic E-state index is 11.6. The van der Waals surface area contributed by atoms with E-state index in [4.69, 9.17) is 16.3 Å². The van der Waals surface area contributed by atoms with Gasteiger partial charge in [-0.05, 0) is 29.3 Å². The molecule has 2 rings (SSSR count). The van der Waals surface area contributed by atoms with Crippen LogP contribution in [-0.2, 0) is 11.2 Å². The molecule has 0 aliphatic heterocycles. The first-order chi connectivity index (χ1) is 13.2. The second-order valence-corrected chi connectivity index (χ2v) is 6.61. The number of ether oxygens (including phenoxy) is 1. The minimum absolute atomic E-state index is 0.0441. The number of aliphatic carboxylic acids is 1. The lowest BCUT2D eigenvalue weighted by Gasteiger charge is -2.17. The third kappa shape index (κ3) is 5.95. The molecule has 2 N–H and O–H groups in total. The summed E-state index contributed by atoms with van der Waals surface area (Å²) in [7, 11) is 6.62. The van der Waals surface area contributed by atoms with Crippen LogP contribution in [-0.4, -0.2) is 71.3 Å². The van der Waals surface area contributed by atoms with Crippen molar-refractivity contribution in [3.05, 3.63) is 35.1 Å². The smallest absolute Gasteiger partial charge is 0.414 e. The Morgan fingerprint density at radius 1 is 1.14 bits per heavy atom. The van der Waals surface area contributed by atoms with E-state index < -0.39 is 18.1 Å². The molecular formula is C17H21ClN6O4. The molecule has 150 valence electrons. The Hall–Kier alpha value is -3.14. The first kappa shape index (κ1) is 21.2. The van der Waals surface area contributed by atoms with Gasteiger partial charge in [-0.2, -0.15) is 15.0 Å². The predicted octanol–water partition coefficient (Wildman–Crippen LogP) is 1.76. The van der Waals surface area contributed by atoms with Gasteiger partial charge in [0.15, 0.2) is 0 Å². The number of halogens is 1. The molecule has 0 saturated heterocycles. The van der Waals surface area contributed by atoms with E-state index in [9.17, 15) is 14.7 Å². The highest BCUT2D eigenvalue weighted by molar-refractivity contribution is 6.28. The van der Waals surface area contributed by atoms with Crippen molar-refractivity contribution in [3.8, 4) is 5.75 Å². The maximum Gasteiger partial charge on any atom is 0.414 e. The minimum atomic E-state index is -1.08. The van der Waals surface area contributed by atoms with E-state index in [1.807, 2.05) is 0 Å². The van der Waals surface area contributed by atoms with Gasteiger partial charge in [0.05, 0.1) is 0 Å². The van der Waals surface area contributed by atoms with Gasteiger partial charge in [-0.3, -0.25) is 0 Å². The molecule has 10 nitrogen and oxygen atoms in total. The Kier molecular flexibility index (Phi) is 6.94. The molecule has 1 aromatic carbocycles. The highest BCUT2D eigenvalue weighted by Crippen LogP contribution is 2.17. The molecule has 1 aromatic heterocycles. The number of nitrogens with one attached hydrogen (secondary N) is 1. The Morgan fingerprint density at radius 2 is 1.79 bits per heavy atom. The third-order valence-corrected chi connectivity index (χ3v) is 3.70. The van der Waals surface area contributed by atoms with Crippen molar-refractivity contribution in [2.45, 2.75) is 12.5 Å². The fourth-order valence-electron chi connectivity index (χ4n) is 2.08. The number of hydrogen-bond donors (Lipinski definition) is 2. The van der Waals surface area contributed by atoms with Crippen LogP contribution in [0.25, 0.3) is 0 Å². The van der Waals surface area contributed by atoms with Crippen molar-refractivity contribution in [1.29, 1.82) is 0 Å². The van der Waals surface area contributed by atoms with E-state index >= 15 is 0 Å². The largest absolute Gasteiger partial charge is 0.480 e. The summed E-state index contributed by atoms with van der Waals surface area (Å²) in [4.78, 5) is 38.2. The van der Waals surface area contributed by atoms with Gasteiger partial charge in [0.25, 0.3) is 0 Å². The summed E-state index contributed by atoms with van der Waals surface area (Å²) >= 11 is 5.88. The molecule has 0 bridgehead atoms. The van der Waals surface area contributed by atoms with Gasteiger partial charge in [0, 0.05) is 34.6 Å². The fraction of sp³-hybridized carbons (Fsp3) is 0.353. The van der Waals surface area contributed by atoms with Crippen LogP contribution in [0.3, 0.4) is 0 Å². The van der Waals surface area contributed by atoms with Gasteiger partial charge in [0.1, 0.15) is 11.8 Å². The topological polar surface area (TPSA) is 121 Å². The highest BCUT2D eigenvalue weighted by atomic mass is 35.5. The number of carboxylic acids is 1. The molecular weight excluding hydrogens is 388 g/mol. The van der Waals surface area contributed by atoms with Crippen molar-refractivity contribution in [2.24, 2.45) is 0 Å². The predicted molar refractivity (Wildman–Crippen MR) is 104 cm³/mol. The molecule has 0 unspecified atom stereocenters. The lowest BCUT2D eigenvalue weighted by Crippen LogP contribution is -2.32. The van der Waals surface area contributed by atoms with Crippen molar-refractivity contribution in [2.75, 3.05) is 38.4 Å². The van der Waals surface area contributed by atoms with E-state index in [-0.39, 0.29) is 17.7 Å². The van der Waals surface area contributed by atoms with Crippen LogP contribution in [0.5, 0.6) is 5.75 Å². The second kappa shape index (κ2) is 9.18. The normalized spacial score (nSPS) is 11.5. The van der Waals surface area contributed by atoms with Crippen molar-refractivity contribution >= 4 is 35.6 Å². The lowest BCUT2D eigenvalue weighted by molar-refractivity contribution is -0.137. The molecule has 1 amide bonds. The molecule has 0 aliphatic carbocycles. The maximum absolute atomic E-state index is 11.6. The van der Waals surface area contributed by atoms with Crippen LogP contribution < -0.4 is 15.0 Å². The Bertz CT molecular complexity index is 844. The molecule has 28 heavy (non-hydrogen) atoms. The average molecular weight is 409 g/mol. The first-order valence-corrected chi connectivity index (χ1v) is 8.60. The summed E-state index contributed by atoms with van der Waals surface area (Å²) in [5.74, 6) is -0.348. The fourth-order valence-corrected chi connectivity index (χ4v) is 2.24. The van der Waals surface area contributed by atoms with Crippen LogP contribution in [0.1, 0.15) is 5.56 Å². The number of rotatable bonds is 7. The first-order valence-electron chi connectivity index (χ1n) is 8.22. The molecule has 1 heterocycles. The van der Waals surface area contributed by atoms with Crippen molar-refractivity contribution in [3.63, 3.8) is 0 Å². The molecule has 11 heteroatoms. The van der Waals surface area contributed by atoms with E-state index in [0.29, 0.717) is 11.7 Å². The molecule has 2 aromatic rings. The number of anilines is 2. The van der Waals surface area contributed by atoms with Gasteiger partial charge in [-0.1, -0.05) is 12.1 Å². The number of aromatic nitrogens is 3. The zero-order valence-corrected chi connectivity index (χ0v) is 16.6. The number of carbonyl (C=O) groups excluding carboxylic acids is 1. The van der Waals surface area contributed by atoms with Gasteiger partial charge in [-0.25, -0.2) is 9.59 Å². The zero-order valence-electron chi connectivity index (χ0n) is 15.9. The standard InChI is InChI=1S/C17H21ClN6O4/c1-23(2)16-21-14(18)20-15(22-16)19-12(13(25)26)9-10-5-7-11(8-6-10)28-17(27)24(3)4/h5-8,12H,9H2,1-4H3,(H,25,26)(H,19,20,21,22)/t12-/m0/s1. The molecule has 0 spiro atoms. The van der Waals surface area contributed by atoms with Gasteiger partial charge >= 0.3 is 12.1 Å². The molecule has 0 fully saturated rings. The number of nitrogens with zero attached hydrogens (tertiary/aromatic N) is 5. The summed E-state index contributed by atoms with van der Waals surface area (Å²) < 4.78 is 5.14. The minimum Gasteiger partial charge on any atom is -0.480 e. The van der Waals surface area contributed by atoms with E-state index in [1.165, 1.54) is 4.90 Å². The number of benzene rings is 1. The lowest BCUT2D eigenvalue weighted by atomic mass is 10.1. The molecule has 0 aliphatic rings. The van der Waals surface area contributed by atoms with E-state index in [1.54, 1.807) is 57.4 Å². The van der Waals surface area contributed by atoms with E-state index in [2.05, 4.69) is 20.3 Å². The number of carboxylic acid groups (broad SMARTS) is 1. The molecule has 1 atom stereocenters. The van der Waals surface area contributed by atoms with Crippen LogP contribution in [0.4, 0.5) is 16.7 Å². The summed E-state index contributed by atoms with van der Waals surface area (Å²) in [6, 6.07) is 5.56. The number of amides is 1. The zero-order chi connectivity index (χ0) is 20.8. The summed E-state index contributed by atoms with van der Waals surface area (Å²) in [6.07, 6.45) is -0.348. The Labute approximate surface area is 167 Å². The monoisotopic (exact) mass is 408 g/mol. The van der Waals surface area contributed by atoms with Gasteiger partial charge < -0.3 is 25.0 Å². The SMILES string of the molecule is CN(C)C(=O)Oc1ccc(C[C@H](Nc2nc(Cl)nc(N(C)C)n2)C(=O)O)cc1. The average Bonchev–Trinajstić information content (AvgIpc) is 2.62. The third-order valence-electron chi connectivity index (χ3n) is 3.53. The van der Waals surface area contributed by atoms with Crippen LogP contribution in [0, 0.1) is 0 Å². The van der Waals surface area contributed by atoms with Crippen molar-refractivity contribution < 1.29 is 19.4 Å². The quantitative estimate of drug-likeness (QED) is 0.705. The summed E-state index contributed by atoms with van der Waals surface area (Å²) in [5.41, 5.74) is 0.720. The number of carbonyl (C=O) groups is 2. The Balaban J connectivity index is 2.11. The summed E-state index contributed by atoms with van der Waals surface area (Å²) in [5, 5.41) is 12.2. The summed E-state index contributed by atoms with van der Waals surface area (Å²) in [6.45, 7) is 0. The molecule has 0 radical (unpaired) electrons.